The minimum Gasteiger partial charge on any atom is -0.399 e. The number of carbonyl (C=O) groups is 2. The Hall–Kier alpha value is -2.08. The van der Waals surface area contributed by atoms with E-state index in [9.17, 15) is 9.59 Å². The van der Waals surface area contributed by atoms with Gasteiger partial charge in [-0.3, -0.25) is 14.5 Å². The Morgan fingerprint density at radius 2 is 2.00 bits per heavy atom. The first-order valence-electron chi connectivity index (χ1n) is 7.16. The summed E-state index contributed by atoms with van der Waals surface area (Å²) in [7, 11) is 1.77. The van der Waals surface area contributed by atoms with Crippen LogP contribution in [0, 0.1) is 0 Å². The zero-order valence-corrected chi connectivity index (χ0v) is 12.3. The van der Waals surface area contributed by atoms with E-state index in [1.807, 2.05) is 4.90 Å². The van der Waals surface area contributed by atoms with Gasteiger partial charge in [-0.05, 0) is 38.1 Å². The topological polar surface area (TPSA) is 78.7 Å². The van der Waals surface area contributed by atoms with E-state index in [-0.39, 0.29) is 24.9 Å². The highest BCUT2D eigenvalue weighted by atomic mass is 16.2. The molecule has 0 aromatic heterocycles. The highest BCUT2D eigenvalue weighted by molar-refractivity contribution is 5.93. The van der Waals surface area contributed by atoms with Gasteiger partial charge < -0.3 is 16.0 Å². The second kappa shape index (κ2) is 7.08. The number of nitrogen functional groups attached to an aromatic ring is 1. The molecule has 2 rings (SSSR count). The highest BCUT2D eigenvalue weighted by Gasteiger charge is 2.19. The lowest BCUT2D eigenvalue weighted by molar-refractivity contribution is -0.131. The van der Waals surface area contributed by atoms with Crippen molar-refractivity contribution < 1.29 is 9.59 Å². The first-order chi connectivity index (χ1) is 10.0. The van der Waals surface area contributed by atoms with Gasteiger partial charge in [-0.2, -0.15) is 0 Å². The third kappa shape index (κ3) is 4.75. The maximum Gasteiger partial charge on any atom is 0.238 e. The fourth-order valence-corrected chi connectivity index (χ4v) is 2.42. The molecule has 0 atom stereocenters. The molecule has 1 aliphatic rings. The van der Waals surface area contributed by atoms with E-state index in [4.69, 9.17) is 5.73 Å². The van der Waals surface area contributed by atoms with Gasteiger partial charge in [0.2, 0.25) is 11.8 Å². The van der Waals surface area contributed by atoms with Crippen molar-refractivity contribution in [1.82, 2.24) is 9.80 Å². The molecule has 0 spiro atoms. The van der Waals surface area contributed by atoms with Crippen molar-refractivity contribution in [1.29, 1.82) is 0 Å². The van der Waals surface area contributed by atoms with E-state index in [1.165, 1.54) is 0 Å². The molecule has 6 heteroatoms. The van der Waals surface area contributed by atoms with E-state index >= 15 is 0 Å². The van der Waals surface area contributed by atoms with Gasteiger partial charge in [-0.15, -0.1) is 0 Å². The lowest BCUT2D eigenvalue weighted by atomic mass is 10.3. The summed E-state index contributed by atoms with van der Waals surface area (Å²) in [6.07, 6.45) is 2.15. The number of carbonyl (C=O) groups excluding carboxylic acids is 2. The Labute approximate surface area is 124 Å². The largest absolute Gasteiger partial charge is 0.399 e. The van der Waals surface area contributed by atoms with Crippen molar-refractivity contribution >= 4 is 23.2 Å². The molecule has 6 nitrogen and oxygen atoms in total. The first kappa shape index (κ1) is 15.3. The molecule has 1 aromatic rings. The molecule has 0 unspecified atom stereocenters. The van der Waals surface area contributed by atoms with Crippen molar-refractivity contribution in [3.8, 4) is 0 Å². The van der Waals surface area contributed by atoms with Crippen LogP contribution in [0.15, 0.2) is 24.3 Å². The maximum absolute atomic E-state index is 12.0. The minimum atomic E-state index is -0.155. The summed E-state index contributed by atoms with van der Waals surface area (Å²) in [5.74, 6) is -0.0657. The first-order valence-corrected chi connectivity index (χ1v) is 7.16. The number of hydrogen-bond donors (Lipinski definition) is 2. The van der Waals surface area contributed by atoms with Gasteiger partial charge in [0.25, 0.3) is 0 Å². The number of anilines is 2. The average molecular weight is 290 g/mol. The molecule has 2 amide bonds. The van der Waals surface area contributed by atoms with E-state index < -0.39 is 0 Å². The van der Waals surface area contributed by atoms with Gasteiger partial charge in [0.15, 0.2) is 0 Å². The number of rotatable bonds is 5. The van der Waals surface area contributed by atoms with E-state index in [1.54, 1.807) is 36.2 Å². The van der Waals surface area contributed by atoms with Crippen LogP contribution in [0.4, 0.5) is 11.4 Å². The molecule has 0 saturated carbocycles. The second-order valence-electron chi connectivity index (χ2n) is 5.43. The van der Waals surface area contributed by atoms with Gasteiger partial charge >= 0.3 is 0 Å². The fraction of sp³-hybridized carbons (Fsp3) is 0.467. The van der Waals surface area contributed by atoms with Crippen LogP contribution in [0.1, 0.15) is 12.8 Å². The summed E-state index contributed by atoms with van der Waals surface area (Å²) < 4.78 is 0. The minimum absolute atomic E-state index is 0.0896. The predicted octanol–water partition coefficient (Wildman–Crippen LogP) is 0.761. The average Bonchev–Trinajstić information content (AvgIpc) is 2.91. The Balaban J connectivity index is 1.77. The number of nitrogens with one attached hydrogen (secondary N) is 1. The van der Waals surface area contributed by atoms with Crippen LogP contribution >= 0.6 is 0 Å². The highest BCUT2D eigenvalue weighted by Crippen LogP contribution is 2.11. The van der Waals surface area contributed by atoms with Gasteiger partial charge in [0, 0.05) is 24.5 Å². The standard InChI is InChI=1S/C15H22N4O2/c1-18(11-15(21)19-7-2-3-8-19)10-14(20)17-13-6-4-5-12(16)9-13/h4-6,9H,2-3,7-8,10-11,16H2,1H3,(H,17,20). The van der Waals surface area contributed by atoms with E-state index in [0.717, 1.165) is 25.9 Å². The lowest BCUT2D eigenvalue weighted by Crippen LogP contribution is -2.40. The second-order valence-corrected chi connectivity index (χ2v) is 5.43. The molecular weight excluding hydrogens is 268 g/mol. The maximum atomic E-state index is 12.0. The number of likely N-dealkylation sites (tertiary alicyclic amines) is 1. The SMILES string of the molecule is CN(CC(=O)Nc1cccc(N)c1)CC(=O)N1CCCC1. The Bertz CT molecular complexity index is 512. The smallest absolute Gasteiger partial charge is 0.238 e. The molecule has 1 aromatic carbocycles. The molecule has 1 aliphatic heterocycles. The van der Waals surface area contributed by atoms with Crippen LogP contribution in [0.3, 0.4) is 0 Å². The molecule has 114 valence electrons. The molecule has 21 heavy (non-hydrogen) atoms. The Kier molecular flexibility index (Phi) is 5.16. The summed E-state index contributed by atoms with van der Waals surface area (Å²) in [4.78, 5) is 27.5. The van der Waals surface area contributed by atoms with Gasteiger partial charge in [-0.25, -0.2) is 0 Å². The van der Waals surface area contributed by atoms with E-state index in [2.05, 4.69) is 5.32 Å². The molecule has 3 N–H and O–H groups in total. The summed E-state index contributed by atoms with van der Waals surface area (Å²) in [6, 6.07) is 7.03. The lowest BCUT2D eigenvalue weighted by Gasteiger charge is -2.20. The van der Waals surface area contributed by atoms with Crippen LogP contribution in [-0.4, -0.2) is 54.8 Å². The Morgan fingerprint density at radius 3 is 2.67 bits per heavy atom. The molecule has 1 heterocycles. The van der Waals surface area contributed by atoms with Gasteiger partial charge in [-0.1, -0.05) is 6.07 Å². The predicted molar refractivity (Wildman–Crippen MR) is 82.8 cm³/mol. The zero-order chi connectivity index (χ0) is 15.2. The van der Waals surface area contributed by atoms with Crippen molar-refractivity contribution in [2.24, 2.45) is 0 Å². The Morgan fingerprint density at radius 1 is 1.29 bits per heavy atom. The van der Waals surface area contributed by atoms with Crippen LogP contribution in [-0.2, 0) is 9.59 Å². The number of likely N-dealkylation sites (N-methyl/N-ethyl adjacent to an activating group) is 1. The molecule has 0 bridgehead atoms. The van der Waals surface area contributed by atoms with Crippen molar-refractivity contribution in [2.45, 2.75) is 12.8 Å². The van der Waals surface area contributed by atoms with Crippen LogP contribution in [0.5, 0.6) is 0 Å². The third-order valence-corrected chi connectivity index (χ3v) is 3.45. The number of benzene rings is 1. The van der Waals surface area contributed by atoms with E-state index in [0.29, 0.717) is 11.4 Å². The van der Waals surface area contributed by atoms with Crippen LogP contribution in [0.25, 0.3) is 0 Å². The van der Waals surface area contributed by atoms with Gasteiger partial charge in [0.1, 0.15) is 0 Å². The van der Waals surface area contributed by atoms with Crippen molar-refractivity contribution in [2.75, 3.05) is 44.3 Å². The molecule has 0 radical (unpaired) electrons. The summed E-state index contributed by atoms with van der Waals surface area (Å²) >= 11 is 0. The molecule has 1 saturated heterocycles. The number of nitrogens with zero attached hydrogens (tertiary/aromatic N) is 2. The number of nitrogens with two attached hydrogens (primary N) is 1. The van der Waals surface area contributed by atoms with Crippen molar-refractivity contribution in [3.05, 3.63) is 24.3 Å². The third-order valence-electron chi connectivity index (χ3n) is 3.45. The summed E-state index contributed by atoms with van der Waals surface area (Å²) in [5.41, 5.74) is 6.93. The zero-order valence-electron chi connectivity index (χ0n) is 12.3. The van der Waals surface area contributed by atoms with Crippen molar-refractivity contribution in [3.63, 3.8) is 0 Å². The summed E-state index contributed by atoms with van der Waals surface area (Å²) in [6.45, 7) is 2.11. The monoisotopic (exact) mass is 290 g/mol. The van der Waals surface area contributed by atoms with Crippen LogP contribution < -0.4 is 11.1 Å². The number of amides is 2. The van der Waals surface area contributed by atoms with Crippen LogP contribution in [0.2, 0.25) is 0 Å². The molecule has 0 aliphatic carbocycles. The summed E-state index contributed by atoms with van der Waals surface area (Å²) in [5, 5.41) is 2.77. The quantitative estimate of drug-likeness (QED) is 0.785. The normalized spacial score (nSPS) is 14.5. The number of hydrogen-bond acceptors (Lipinski definition) is 4. The molecular formula is C15H22N4O2. The van der Waals surface area contributed by atoms with Gasteiger partial charge in [0.05, 0.1) is 13.1 Å². The fourth-order valence-electron chi connectivity index (χ4n) is 2.42. The molecule has 1 fully saturated rings.